The number of hydrogen-bond acceptors (Lipinski definition) is 6. The lowest BCUT2D eigenvalue weighted by molar-refractivity contribution is -0.127. The molecule has 1 N–H and O–H groups in total. The third-order valence-corrected chi connectivity index (χ3v) is 4.71. The lowest BCUT2D eigenvalue weighted by Crippen LogP contribution is -2.48. The van der Waals surface area contributed by atoms with Gasteiger partial charge in [0.1, 0.15) is 11.4 Å². The number of rotatable bonds is 4. The number of hydrogen-bond donors (Lipinski definition) is 1. The van der Waals surface area contributed by atoms with Crippen LogP contribution < -0.4 is 5.32 Å². The summed E-state index contributed by atoms with van der Waals surface area (Å²) in [6, 6.07) is 0.575. The van der Waals surface area contributed by atoms with E-state index in [2.05, 4.69) is 25.2 Å². The molecule has 7 nitrogen and oxygen atoms in total. The second-order valence-electron chi connectivity index (χ2n) is 6.19. The maximum atomic E-state index is 12.4. The smallest absolute Gasteiger partial charge is 0.224 e. The second-order valence-corrected chi connectivity index (χ2v) is 6.19. The fraction of sp³-hybridized carbons (Fsp3) is 0.800. The molecule has 1 amide bonds. The van der Waals surface area contributed by atoms with E-state index in [1.54, 1.807) is 0 Å². The second kappa shape index (κ2) is 7.19. The van der Waals surface area contributed by atoms with Gasteiger partial charge in [0.2, 0.25) is 5.91 Å². The lowest BCUT2D eigenvalue weighted by Gasteiger charge is -2.39. The van der Waals surface area contributed by atoms with Crippen LogP contribution in [0.4, 0.5) is 0 Å². The van der Waals surface area contributed by atoms with Gasteiger partial charge in [-0.25, -0.2) is 4.63 Å². The predicted octanol–water partition coefficient (Wildman–Crippen LogP) is 0.885. The van der Waals surface area contributed by atoms with Crippen LogP contribution in [-0.2, 0) is 16.1 Å². The van der Waals surface area contributed by atoms with E-state index in [1.165, 1.54) is 0 Å². The molecule has 0 spiro atoms. The minimum atomic E-state index is 0.0664. The Morgan fingerprint density at radius 1 is 1.32 bits per heavy atom. The Labute approximate surface area is 130 Å². The first-order valence-electron chi connectivity index (χ1n) is 8.11. The van der Waals surface area contributed by atoms with Crippen molar-refractivity contribution in [3.05, 3.63) is 11.4 Å². The summed E-state index contributed by atoms with van der Waals surface area (Å²) >= 11 is 0. The molecule has 7 heteroatoms. The summed E-state index contributed by atoms with van der Waals surface area (Å²) in [5, 5.41) is 10.5. The molecule has 0 saturated carbocycles. The van der Waals surface area contributed by atoms with Crippen molar-refractivity contribution in [1.29, 1.82) is 0 Å². The molecule has 0 bridgehead atoms. The van der Waals surface area contributed by atoms with Gasteiger partial charge in [-0.15, -0.1) is 0 Å². The van der Waals surface area contributed by atoms with E-state index in [9.17, 15) is 4.79 Å². The largest absolute Gasteiger partial charge is 0.381 e. The van der Waals surface area contributed by atoms with Gasteiger partial charge in [-0.1, -0.05) is 10.3 Å². The number of piperidine rings is 1. The van der Waals surface area contributed by atoms with Gasteiger partial charge in [0.25, 0.3) is 0 Å². The molecule has 2 aliphatic rings. The van der Waals surface area contributed by atoms with Gasteiger partial charge in [0, 0.05) is 25.8 Å². The molecule has 2 saturated heterocycles. The van der Waals surface area contributed by atoms with Crippen molar-refractivity contribution in [2.45, 2.75) is 45.2 Å². The average molecular weight is 308 g/mol. The third-order valence-electron chi connectivity index (χ3n) is 4.71. The van der Waals surface area contributed by atoms with Crippen molar-refractivity contribution < 1.29 is 14.2 Å². The molecule has 122 valence electrons. The number of carbonyl (C=O) groups excluding carboxylic acids is 1. The zero-order valence-electron chi connectivity index (χ0n) is 13.1. The summed E-state index contributed by atoms with van der Waals surface area (Å²) in [6.07, 6.45) is 4.21. The van der Waals surface area contributed by atoms with E-state index >= 15 is 0 Å². The Balaban J connectivity index is 1.50. The standard InChI is InChI=1S/C15H24N4O3/c1-11-14(18-22-17-11)9-16-15(20)12-3-2-6-19(10-12)13-4-7-21-8-5-13/h12-13H,2-10H2,1H3,(H,16,20)/t12-/m0/s1. The molecule has 1 aromatic rings. The number of likely N-dealkylation sites (tertiary alicyclic amines) is 1. The van der Waals surface area contributed by atoms with Crippen LogP contribution in [0.5, 0.6) is 0 Å². The highest BCUT2D eigenvalue weighted by Gasteiger charge is 2.30. The normalized spacial score (nSPS) is 24.3. The van der Waals surface area contributed by atoms with Crippen molar-refractivity contribution >= 4 is 5.91 Å². The molecule has 0 unspecified atom stereocenters. The maximum Gasteiger partial charge on any atom is 0.224 e. The minimum Gasteiger partial charge on any atom is -0.381 e. The molecule has 3 rings (SSSR count). The number of ether oxygens (including phenoxy) is 1. The Morgan fingerprint density at radius 3 is 2.86 bits per heavy atom. The molecule has 0 radical (unpaired) electrons. The highest BCUT2D eigenvalue weighted by molar-refractivity contribution is 5.78. The van der Waals surface area contributed by atoms with Gasteiger partial charge in [-0.2, -0.15) is 0 Å². The molecule has 0 aromatic carbocycles. The Hall–Kier alpha value is -1.47. The van der Waals surface area contributed by atoms with Crippen molar-refractivity contribution in [2.75, 3.05) is 26.3 Å². The number of amides is 1. The van der Waals surface area contributed by atoms with Gasteiger partial charge < -0.3 is 10.1 Å². The van der Waals surface area contributed by atoms with E-state index in [0.717, 1.165) is 57.7 Å². The van der Waals surface area contributed by atoms with Crippen molar-refractivity contribution in [3.63, 3.8) is 0 Å². The summed E-state index contributed by atoms with van der Waals surface area (Å²) in [4.78, 5) is 14.9. The van der Waals surface area contributed by atoms with Gasteiger partial charge >= 0.3 is 0 Å². The van der Waals surface area contributed by atoms with E-state index in [-0.39, 0.29) is 11.8 Å². The van der Waals surface area contributed by atoms with E-state index in [4.69, 9.17) is 4.74 Å². The lowest BCUT2D eigenvalue weighted by atomic mass is 9.94. The van der Waals surface area contributed by atoms with Crippen LogP contribution in [0.2, 0.25) is 0 Å². The Kier molecular flexibility index (Phi) is 5.04. The number of nitrogens with one attached hydrogen (secondary N) is 1. The van der Waals surface area contributed by atoms with Crippen LogP contribution in [0.3, 0.4) is 0 Å². The highest BCUT2D eigenvalue weighted by atomic mass is 16.6. The summed E-state index contributed by atoms with van der Waals surface area (Å²) in [5.41, 5.74) is 1.43. The Morgan fingerprint density at radius 2 is 2.14 bits per heavy atom. The SMILES string of the molecule is Cc1nonc1CNC(=O)[C@H]1CCCN(C2CCOCC2)C1. The average Bonchev–Trinajstić information content (AvgIpc) is 2.99. The summed E-state index contributed by atoms with van der Waals surface area (Å²) < 4.78 is 10.1. The minimum absolute atomic E-state index is 0.0664. The van der Waals surface area contributed by atoms with Crippen LogP contribution in [0.15, 0.2) is 4.63 Å². The fourth-order valence-corrected chi connectivity index (χ4v) is 3.33. The van der Waals surface area contributed by atoms with Crippen LogP contribution in [0, 0.1) is 12.8 Å². The van der Waals surface area contributed by atoms with E-state index in [1.807, 2.05) is 6.92 Å². The first kappa shape index (κ1) is 15.4. The molecule has 3 heterocycles. The zero-order chi connectivity index (χ0) is 15.4. The fourth-order valence-electron chi connectivity index (χ4n) is 3.33. The van der Waals surface area contributed by atoms with Crippen LogP contribution >= 0.6 is 0 Å². The topological polar surface area (TPSA) is 80.5 Å². The van der Waals surface area contributed by atoms with Gasteiger partial charge in [-0.05, 0) is 39.2 Å². The van der Waals surface area contributed by atoms with Crippen molar-refractivity contribution in [2.24, 2.45) is 5.92 Å². The summed E-state index contributed by atoms with van der Waals surface area (Å²) in [5.74, 6) is 0.177. The predicted molar refractivity (Wildman–Crippen MR) is 79.0 cm³/mol. The van der Waals surface area contributed by atoms with Crippen LogP contribution in [0.25, 0.3) is 0 Å². The molecule has 1 atom stereocenters. The van der Waals surface area contributed by atoms with E-state index < -0.39 is 0 Å². The first-order chi connectivity index (χ1) is 10.7. The summed E-state index contributed by atoms with van der Waals surface area (Å²) in [6.45, 7) is 5.85. The zero-order valence-corrected chi connectivity index (χ0v) is 13.1. The highest BCUT2D eigenvalue weighted by Crippen LogP contribution is 2.23. The quantitative estimate of drug-likeness (QED) is 0.889. The van der Waals surface area contributed by atoms with Gasteiger partial charge in [-0.3, -0.25) is 9.69 Å². The molecular weight excluding hydrogens is 284 g/mol. The molecule has 0 aliphatic carbocycles. The first-order valence-corrected chi connectivity index (χ1v) is 8.11. The Bertz CT molecular complexity index is 499. The van der Waals surface area contributed by atoms with Crippen LogP contribution in [0.1, 0.15) is 37.1 Å². The number of aromatic nitrogens is 2. The van der Waals surface area contributed by atoms with E-state index in [0.29, 0.717) is 18.3 Å². The third kappa shape index (κ3) is 3.64. The van der Waals surface area contributed by atoms with Gasteiger partial charge in [0.05, 0.1) is 12.5 Å². The number of aryl methyl sites for hydroxylation is 1. The molecule has 22 heavy (non-hydrogen) atoms. The monoisotopic (exact) mass is 308 g/mol. The van der Waals surface area contributed by atoms with Crippen LogP contribution in [-0.4, -0.2) is 53.5 Å². The molecule has 2 aliphatic heterocycles. The molecule has 2 fully saturated rings. The number of carbonyl (C=O) groups is 1. The maximum absolute atomic E-state index is 12.4. The molecule has 1 aromatic heterocycles. The number of nitrogens with zero attached hydrogens (tertiary/aromatic N) is 3. The molecular formula is C15H24N4O3. The van der Waals surface area contributed by atoms with Crippen molar-refractivity contribution in [3.8, 4) is 0 Å². The van der Waals surface area contributed by atoms with Crippen molar-refractivity contribution in [1.82, 2.24) is 20.5 Å². The summed E-state index contributed by atoms with van der Waals surface area (Å²) in [7, 11) is 0. The van der Waals surface area contributed by atoms with Gasteiger partial charge in [0.15, 0.2) is 0 Å².